The molecule has 0 radical (unpaired) electrons. The van der Waals surface area contributed by atoms with Gasteiger partial charge in [0.15, 0.2) is 0 Å². The van der Waals surface area contributed by atoms with Gasteiger partial charge in [0, 0.05) is 31.0 Å². The van der Waals surface area contributed by atoms with Crippen LogP contribution in [0.5, 0.6) is 0 Å². The zero-order valence-corrected chi connectivity index (χ0v) is 7.10. The molecule has 2 nitrogen and oxygen atoms in total. The lowest BCUT2D eigenvalue weighted by Crippen LogP contribution is -2.22. The maximum absolute atomic E-state index is 5.79. The van der Waals surface area contributed by atoms with Gasteiger partial charge in [0.05, 0.1) is 0 Å². The third-order valence-electron chi connectivity index (χ3n) is 2.74. The van der Waals surface area contributed by atoms with Crippen molar-refractivity contribution in [3.8, 4) is 0 Å². The van der Waals surface area contributed by atoms with E-state index in [9.17, 15) is 0 Å². The zero-order chi connectivity index (χ0) is 7.97. The average molecular weight is 163 g/mol. The third-order valence-corrected chi connectivity index (χ3v) is 2.74. The van der Waals surface area contributed by atoms with Gasteiger partial charge in [0.1, 0.15) is 11.5 Å². The minimum absolute atomic E-state index is 0.760. The predicted molar refractivity (Wildman–Crippen MR) is 46.1 cm³/mol. The molecule has 1 N–H and O–H groups in total. The fourth-order valence-corrected chi connectivity index (χ4v) is 1.84. The third kappa shape index (κ3) is 0.985. The Morgan fingerprint density at radius 3 is 3.08 bits per heavy atom. The number of nitrogens with one attached hydrogen (secondary N) is 1. The van der Waals surface area contributed by atoms with Gasteiger partial charge in [-0.25, -0.2) is 0 Å². The fraction of sp³-hybridized carbons (Fsp3) is 0.600. The highest BCUT2D eigenvalue weighted by atomic mass is 16.3. The van der Waals surface area contributed by atoms with Gasteiger partial charge in [-0.3, -0.25) is 0 Å². The summed E-state index contributed by atoms with van der Waals surface area (Å²) in [6, 6.07) is 2.25. The van der Waals surface area contributed by atoms with Gasteiger partial charge in [0.2, 0.25) is 0 Å². The van der Waals surface area contributed by atoms with Crippen LogP contribution in [0.1, 0.15) is 35.8 Å². The zero-order valence-electron chi connectivity index (χ0n) is 7.10. The Balaban J connectivity index is 1.97. The molecule has 1 fully saturated rings. The smallest absolute Gasteiger partial charge is 0.109 e. The van der Waals surface area contributed by atoms with Crippen LogP contribution < -0.4 is 5.32 Å². The number of hydrogen-bond acceptors (Lipinski definition) is 2. The van der Waals surface area contributed by atoms with Gasteiger partial charge < -0.3 is 9.73 Å². The van der Waals surface area contributed by atoms with Crippen LogP contribution in [-0.2, 0) is 13.0 Å². The Labute approximate surface area is 72.0 Å². The molecule has 1 aliphatic carbocycles. The lowest BCUT2D eigenvalue weighted by atomic mass is 10.1. The van der Waals surface area contributed by atoms with Crippen molar-refractivity contribution in [2.45, 2.75) is 31.7 Å². The SMILES string of the molecule is c1c(C2CC2)oc2c1CNCC2. The molecule has 1 saturated carbocycles. The summed E-state index contributed by atoms with van der Waals surface area (Å²) in [6.45, 7) is 2.08. The van der Waals surface area contributed by atoms with Crippen LogP contribution in [-0.4, -0.2) is 6.54 Å². The van der Waals surface area contributed by atoms with Crippen LogP contribution in [0.25, 0.3) is 0 Å². The first-order chi connectivity index (χ1) is 5.93. The molecule has 0 bridgehead atoms. The van der Waals surface area contributed by atoms with Crippen LogP contribution in [0.4, 0.5) is 0 Å². The minimum Gasteiger partial charge on any atom is -0.465 e. The van der Waals surface area contributed by atoms with Crippen molar-refractivity contribution in [3.05, 3.63) is 23.2 Å². The van der Waals surface area contributed by atoms with E-state index in [0.29, 0.717) is 0 Å². The fourth-order valence-electron chi connectivity index (χ4n) is 1.84. The first-order valence-corrected chi connectivity index (χ1v) is 4.75. The first kappa shape index (κ1) is 6.72. The van der Waals surface area contributed by atoms with Crippen molar-refractivity contribution >= 4 is 0 Å². The molecular formula is C10H13NO. The van der Waals surface area contributed by atoms with Gasteiger partial charge in [-0.1, -0.05) is 0 Å². The maximum atomic E-state index is 5.79. The summed E-state index contributed by atoms with van der Waals surface area (Å²) in [7, 11) is 0. The molecule has 0 amide bonds. The first-order valence-electron chi connectivity index (χ1n) is 4.75. The summed E-state index contributed by atoms with van der Waals surface area (Å²) in [5.74, 6) is 3.23. The number of fused-ring (bicyclic) bond motifs is 1. The van der Waals surface area contributed by atoms with Gasteiger partial charge in [-0.05, 0) is 18.9 Å². The Bertz CT molecular complexity index is 275. The standard InChI is InChI=1S/C10H13NO/c1-2-7(1)10-5-8-6-11-4-3-9(8)12-10/h5,7,11H,1-4,6H2. The van der Waals surface area contributed by atoms with Gasteiger partial charge >= 0.3 is 0 Å². The Hall–Kier alpha value is -0.760. The van der Waals surface area contributed by atoms with Crippen molar-refractivity contribution < 1.29 is 4.42 Å². The number of rotatable bonds is 1. The Morgan fingerprint density at radius 1 is 1.42 bits per heavy atom. The van der Waals surface area contributed by atoms with Gasteiger partial charge in [-0.2, -0.15) is 0 Å². The van der Waals surface area contributed by atoms with Crippen LogP contribution in [0.3, 0.4) is 0 Å². The second-order valence-electron chi connectivity index (χ2n) is 3.80. The lowest BCUT2D eigenvalue weighted by Gasteiger charge is -2.09. The molecule has 2 aliphatic rings. The van der Waals surface area contributed by atoms with E-state index in [0.717, 1.165) is 25.4 Å². The van der Waals surface area contributed by atoms with Crippen molar-refractivity contribution in [2.75, 3.05) is 6.54 Å². The molecule has 2 heteroatoms. The molecule has 12 heavy (non-hydrogen) atoms. The monoisotopic (exact) mass is 163 g/mol. The molecule has 0 aromatic carbocycles. The van der Waals surface area contributed by atoms with Crippen LogP contribution in [0.2, 0.25) is 0 Å². The normalized spacial score (nSPS) is 22.3. The molecule has 64 valence electrons. The average Bonchev–Trinajstić information content (AvgIpc) is 2.85. The van der Waals surface area contributed by atoms with E-state index in [4.69, 9.17) is 4.42 Å². The molecule has 0 unspecified atom stereocenters. The van der Waals surface area contributed by atoms with E-state index in [1.165, 1.54) is 29.9 Å². The largest absolute Gasteiger partial charge is 0.465 e. The molecule has 0 saturated heterocycles. The molecule has 2 heterocycles. The summed E-state index contributed by atoms with van der Waals surface area (Å²) in [6.07, 6.45) is 3.74. The molecule has 1 aliphatic heterocycles. The van der Waals surface area contributed by atoms with Crippen molar-refractivity contribution in [1.29, 1.82) is 0 Å². The van der Waals surface area contributed by atoms with E-state index in [2.05, 4.69) is 11.4 Å². The van der Waals surface area contributed by atoms with Crippen LogP contribution in [0.15, 0.2) is 10.5 Å². The highest BCUT2D eigenvalue weighted by Gasteiger charge is 2.28. The lowest BCUT2D eigenvalue weighted by molar-refractivity contribution is 0.443. The van der Waals surface area contributed by atoms with Crippen molar-refractivity contribution in [3.63, 3.8) is 0 Å². The number of hydrogen-bond donors (Lipinski definition) is 1. The summed E-state index contributed by atoms with van der Waals surface area (Å²) >= 11 is 0. The topological polar surface area (TPSA) is 25.2 Å². The van der Waals surface area contributed by atoms with E-state index >= 15 is 0 Å². The van der Waals surface area contributed by atoms with E-state index in [1.54, 1.807) is 0 Å². The molecule has 1 aromatic rings. The molecule has 0 spiro atoms. The number of furan rings is 1. The van der Waals surface area contributed by atoms with Gasteiger partial charge in [-0.15, -0.1) is 0 Å². The summed E-state index contributed by atoms with van der Waals surface area (Å²) < 4.78 is 5.79. The van der Waals surface area contributed by atoms with E-state index in [-0.39, 0.29) is 0 Å². The maximum Gasteiger partial charge on any atom is 0.109 e. The summed E-state index contributed by atoms with van der Waals surface area (Å²) in [5, 5.41) is 3.35. The minimum atomic E-state index is 0.760. The second kappa shape index (κ2) is 2.36. The quantitative estimate of drug-likeness (QED) is 0.683. The summed E-state index contributed by atoms with van der Waals surface area (Å²) in [4.78, 5) is 0. The Kier molecular flexibility index (Phi) is 1.32. The van der Waals surface area contributed by atoms with Crippen LogP contribution in [0, 0.1) is 0 Å². The highest BCUT2D eigenvalue weighted by Crippen LogP contribution is 2.41. The second-order valence-corrected chi connectivity index (χ2v) is 3.80. The molecule has 0 atom stereocenters. The summed E-state index contributed by atoms with van der Waals surface area (Å²) in [5.41, 5.74) is 1.39. The molecule has 3 rings (SSSR count). The van der Waals surface area contributed by atoms with E-state index < -0.39 is 0 Å². The highest BCUT2D eigenvalue weighted by molar-refractivity contribution is 5.27. The van der Waals surface area contributed by atoms with Crippen LogP contribution >= 0.6 is 0 Å². The predicted octanol–water partition coefficient (Wildman–Crippen LogP) is 1.80. The van der Waals surface area contributed by atoms with Gasteiger partial charge in [0.25, 0.3) is 0 Å². The molecular weight excluding hydrogens is 150 g/mol. The van der Waals surface area contributed by atoms with E-state index in [1.807, 2.05) is 0 Å². The van der Waals surface area contributed by atoms with Crippen molar-refractivity contribution in [2.24, 2.45) is 0 Å². The Morgan fingerprint density at radius 2 is 2.33 bits per heavy atom. The van der Waals surface area contributed by atoms with Crippen molar-refractivity contribution in [1.82, 2.24) is 5.32 Å². The molecule has 1 aromatic heterocycles.